The molecule has 0 aliphatic heterocycles. The minimum atomic E-state index is -0.393. The second-order valence-corrected chi connectivity index (χ2v) is 6.90. The molecule has 3 N–H and O–H groups in total. The lowest BCUT2D eigenvalue weighted by atomic mass is 9.82. The molecule has 2 amide bonds. The first-order valence-electron chi connectivity index (χ1n) is 7.47. The molecule has 0 heterocycles. The van der Waals surface area contributed by atoms with Crippen LogP contribution in [0, 0.1) is 17.8 Å². The van der Waals surface area contributed by atoms with E-state index in [0.29, 0.717) is 18.8 Å². The predicted octanol–water partition coefficient (Wildman–Crippen LogP) is 2.39. The van der Waals surface area contributed by atoms with Gasteiger partial charge in [0.1, 0.15) is 0 Å². The molecular weight excluding hydrogens is 252 g/mol. The van der Waals surface area contributed by atoms with E-state index in [9.17, 15) is 9.59 Å². The van der Waals surface area contributed by atoms with Crippen molar-refractivity contribution in [2.75, 3.05) is 0 Å². The average Bonchev–Trinajstić information content (AvgIpc) is 3.09. The minimum absolute atomic E-state index is 0.0442. The van der Waals surface area contributed by atoms with Crippen molar-refractivity contribution < 1.29 is 9.59 Å². The van der Waals surface area contributed by atoms with Crippen LogP contribution in [0.25, 0.3) is 0 Å². The maximum absolute atomic E-state index is 12.5. The van der Waals surface area contributed by atoms with Gasteiger partial charge in [-0.15, -0.1) is 6.58 Å². The van der Waals surface area contributed by atoms with Gasteiger partial charge in [-0.1, -0.05) is 18.9 Å². The summed E-state index contributed by atoms with van der Waals surface area (Å²) in [4.78, 5) is 24.2. The van der Waals surface area contributed by atoms with Crippen LogP contribution in [0.15, 0.2) is 12.7 Å². The molecule has 0 aromatic rings. The Labute approximate surface area is 122 Å². The van der Waals surface area contributed by atoms with E-state index in [1.807, 2.05) is 20.8 Å². The molecule has 0 saturated heterocycles. The van der Waals surface area contributed by atoms with E-state index in [-0.39, 0.29) is 23.3 Å². The number of rotatable bonds is 8. The fourth-order valence-corrected chi connectivity index (χ4v) is 2.47. The van der Waals surface area contributed by atoms with E-state index >= 15 is 0 Å². The maximum atomic E-state index is 12.5. The summed E-state index contributed by atoms with van der Waals surface area (Å²) >= 11 is 0. The van der Waals surface area contributed by atoms with Gasteiger partial charge < -0.3 is 11.1 Å². The van der Waals surface area contributed by atoms with Crippen molar-refractivity contribution in [2.45, 2.75) is 58.4 Å². The number of amides is 2. The van der Waals surface area contributed by atoms with Crippen molar-refractivity contribution in [1.29, 1.82) is 0 Å². The van der Waals surface area contributed by atoms with Gasteiger partial charge >= 0.3 is 0 Å². The van der Waals surface area contributed by atoms with Crippen molar-refractivity contribution >= 4 is 11.8 Å². The van der Waals surface area contributed by atoms with Crippen molar-refractivity contribution in [3.05, 3.63) is 12.7 Å². The Morgan fingerprint density at radius 1 is 1.35 bits per heavy atom. The Kier molecular flexibility index (Phi) is 5.78. The number of allylic oxidation sites excluding steroid dienone is 1. The number of nitrogens with one attached hydrogen (secondary N) is 1. The molecule has 0 aromatic carbocycles. The zero-order chi connectivity index (χ0) is 15.3. The third-order valence-electron chi connectivity index (χ3n) is 3.65. The number of hydrogen-bond donors (Lipinski definition) is 2. The number of carbonyl (C=O) groups excluding carboxylic acids is 2. The summed E-state index contributed by atoms with van der Waals surface area (Å²) in [5, 5.41) is 2.99. The van der Waals surface area contributed by atoms with Crippen molar-refractivity contribution in [2.24, 2.45) is 23.5 Å². The van der Waals surface area contributed by atoms with Gasteiger partial charge in [-0.25, -0.2) is 0 Å². The highest BCUT2D eigenvalue weighted by Gasteiger charge is 2.37. The molecule has 114 valence electrons. The molecule has 1 aliphatic carbocycles. The van der Waals surface area contributed by atoms with Gasteiger partial charge in [0.25, 0.3) is 0 Å². The fourth-order valence-electron chi connectivity index (χ4n) is 2.47. The van der Waals surface area contributed by atoms with E-state index in [1.54, 1.807) is 6.08 Å². The zero-order valence-corrected chi connectivity index (χ0v) is 12.9. The minimum Gasteiger partial charge on any atom is -0.369 e. The van der Waals surface area contributed by atoms with Crippen LogP contribution in [0.5, 0.6) is 0 Å². The maximum Gasteiger partial charge on any atom is 0.224 e. The average molecular weight is 280 g/mol. The molecule has 4 heteroatoms. The molecule has 1 saturated carbocycles. The Balaban J connectivity index is 2.80. The van der Waals surface area contributed by atoms with Crippen LogP contribution in [0.4, 0.5) is 0 Å². The second-order valence-electron chi connectivity index (χ2n) is 6.90. The molecule has 4 nitrogen and oxygen atoms in total. The largest absolute Gasteiger partial charge is 0.369 e. The van der Waals surface area contributed by atoms with Gasteiger partial charge in [0.05, 0.1) is 0 Å². The lowest BCUT2D eigenvalue weighted by molar-refractivity contribution is -0.135. The molecule has 2 atom stereocenters. The second kappa shape index (κ2) is 6.91. The van der Waals surface area contributed by atoms with Gasteiger partial charge in [-0.05, 0) is 46.0 Å². The SMILES string of the molecule is C=CCC[C@H](C(N)=O)[C@@H](CC1CC1)C(=O)NC(C)(C)C. The normalized spacial score (nSPS) is 18.1. The van der Waals surface area contributed by atoms with E-state index in [2.05, 4.69) is 11.9 Å². The molecule has 0 radical (unpaired) electrons. The monoisotopic (exact) mass is 280 g/mol. The van der Waals surface area contributed by atoms with Crippen molar-refractivity contribution in [3.63, 3.8) is 0 Å². The Hall–Kier alpha value is -1.32. The summed E-state index contributed by atoms with van der Waals surface area (Å²) in [6, 6.07) is 0. The fraction of sp³-hybridized carbons (Fsp3) is 0.750. The molecule has 0 aromatic heterocycles. The van der Waals surface area contributed by atoms with Gasteiger partial charge in [0.15, 0.2) is 0 Å². The van der Waals surface area contributed by atoms with Crippen LogP contribution >= 0.6 is 0 Å². The third-order valence-corrected chi connectivity index (χ3v) is 3.65. The van der Waals surface area contributed by atoms with E-state index < -0.39 is 5.92 Å². The summed E-state index contributed by atoms with van der Waals surface area (Å²) in [6.07, 6.45) is 6.17. The summed E-state index contributed by atoms with van der Waals surface area (Å²) in [5.41, 5.74) is 5.23. The van der Waals surface area contributed by atoms with E-state index in [0.717, 1.165) is 19.3 Å². The van der Waals surface area contributed by atoms with Gasteiger partial charge in [-0.2, -0.15) is 0 Å². The Bertz CT molecular complexity index is 367. The van der Waals surface area contributed by atoms with E-state index in [1.165, 1.54) is 0 Å². The Morgan fingerprint density at radius 3 is 2.35 bits per heavy atom. The van der Waals surface area contributed by atoms with Crippen molar-refractivity contribution in [3.8, 4) is 0 Å². The molecule has 0 unspecified atom stereocenters. The quantitative estimate of drug-likeness (QED) is 0.670. The zero-order valence-electron chi connectivity index (χ0n) is 12.9. The molecule has 1 rings (SSSR count). The van der Waals surface area contributed by atoms with Gasteiger partial charge in [0.2, 0.25) is 11.8 Å². The highest BCUT2D eigenvalue weighted by atomic mass is 16.2. The van der Waals surface area contributed by atoms with Crippen LogP contribution < -0.4 is 11.1 Å². The van der Waals surface area contributed by atoms with Gasteiger partial charge in [-0.3, -0.25) is 9.59 Å². The first kappa shape index (κ1) is 16.7. The highest BCUT2D eigenvalue weighted by Crippen LogP contribution is 2.38. The van der Waals surface area contributed by atoms with Crippen LogP contribution in [0.3, 0.4) is 0 Å². The van der Waals surface area contributed by atoms with Crippen LogP contribution in [0.1, 0.15) is 52.9 Å². The lowest BCUT2D eigenvalue weighted by Gasteiger charge is -2.28. The highest BCUT2D eigenvalue weighted by molar-refractivity contribution is 5.87. The van der Waals surface area contributed by atoms with Crippen LogP contribution in [0.2, 0.25) is 0 Å². The molecular formula is C16H28N2O2. The number of primary amides is 1. The lowest BCUT2D eigenvalue weighted by Crippen LogP contribution is -2.47. The van der Waals surface area contributed by atoms with Crippen LogP contribution in [-0.4, -0.2) is 17.4 Å². The first-order chi connectivity index (χ1) is 9.24. The predicted molar refractivity (Wildman–Crippen MR) is 80.8 cm³/mol. The summed E-state index contributed by atoms with van der Waals surface area (Å²) in [5.74, 6) is -0.537. The standard InChI is InChI=1S/C16H28N2O2/c1-5-6-7-12(14(17)19)13(10-11-8-9-11)15(20)18-16(2,3)4/h5,11-13H,1,6-10H2,2-4H3,(H2,17,19)(H,18,20)/t12-,13+/m0/s1. The summed E-state index contributed by atoms with van der Waals surface area (Å²) < 4.78 is 0. The number of nitrogens with two attached hydrogens (primary N) is 1. The molecule has 20 heavy (non-hydrogen) atoms. The smallest absolute Gasteiger partial charge is 0.224 e. The molecule has 1 fully saturated rings. The van der Waals surface area contributed by atoms with Gasteiger partial charge in [0, 0.05) is 17.4 Å². The number of carbonyl (C=O) groups is 2. The third kappa shape index (κ3) is 5.76. The topological polar surface area (TPSA) is 72.2 Å². The Morgan fingerprint density at radius 2 is 1.95 bits per heavy atom. The first-order valence-corrected chi connectivity index (χ1v) is 7.47. The summed E-state index contributed by atoms with van der Waals surface area (Å²) in [6.45, 7) is 9.52. The summed E-state index contributed by atoms with van der Waals surface area (Å²) in [7, 11) is 0. The molecule has 0 bridgehead atoms. The molecule has 0 spiro atoms. The van der Waals surface area contributed by atoms with Crippen LogP contribution in [-0.2, 0) is 9.59 Å². The molecule has 1 aliphatic rings. The van der Waals surface area contributed by atoms with E-state index in [4.69, 9.17) is 5.73 Å². The van der Waals surface area contributed by atoms with Crippen molar-refractivity contribution in [1.82, 2.24) is 5.32 Å². The number of hydrogen-bond acceptors (Lipinski definition) is 2.